The highest BCUT2D eigenvalue weighted by molar-refractivity contribution is 7.89. The SMILES string of the molecule is CN(C)c1ccc(N=Nc2ccc(S(=O)(=O)NCCC[C@H](NS(=O)(=O)c3ccc(N=Nc4ccc(N(C)C)cc4)cc3)C(=O)O)cc2)cc1. The Kier molecular flexibility index (Phi) is 12.3. The molecule has 0 unspecified atom stereocenters. The first-order valence-corrected chi connectivity index (χ1v) is 18.0. The second-order valence-electron chi connectivity index (χ2n) is 11.3. The zero-order valence-corrected chi connectivity index (χ0v) is 29.1. The number of carboxylic acids is 1. The van der Waals surface area contributed by atoms with Gasteiger partial charge in [-0.25, -0.2) is 21.6 Å². The van der Waals surface area contributed by atoms with Crippen molar-refractivity contribution in [2.75, 3.05) is 44.5 Å². The third-order valence-corrected chi connectivity index (χ3v) is 10.1. The summed E-state index contributed by atoms with van der Waals surface area (Å²) in [4.78, 5) is 15.6. The van der Waals surface area contributed by atoms with Gasteiger partial charge < -0.3 is 14.9 Å². The monoisotopic (exact) mass is 706 g/mol. The number of carboxylic acid groups (broad SMARTS) is 1. The maximum Gasteiger partial charge on any atom is 0.321 e. The molecule has 0 amide bonds. The lowest BCUT2D eigenvalue weighted by atomic mass is 10.2. The number of hydrogen-bond acceptors (Lipinski definition) is 11. The highest BCUT2D eigenvalue weighted by atomic mass is 32.2. The molecular formula is C33H38N8O6S2. The molecule has 258 valence electrons. The minimum absolute atomic E-state index is 0.0116. The van der Waals surface area contributed by atoms with Crippen molar-refractivity contribution in [3.05, 3.63) is 97.1 Å². The summed E-state index contributed by atoms with van der Waals surface area (Å²) in [5, 5.41) is 26.2. The number of rotatable bonds is 16. The molecular weight excluding hydrogens is 669 g/mol. The van der Waals surface area contributed by atoms with Gasteiger partial charge >= 0.3 is 5.97 Å². The summed E-state index contributed by atoms with van der Waals surface area (Å²) in [7, 11) is -0.405. The Morgan fingerprint density at radius 2 is 0.959 bits per heavy atom. The number of carbonyl (C=O) groups is 1. The first-order valence-electron chi connectivity index (χ1n) is 15.1. The van der Waals surface area contributed by atoms with E-state index in [9.17, 15) is 26.7 Å². The predicted octanol–water partition coefficient (Wildman–Crippen LogP) is 6.14. The molecule has 0 aliphatic carbocycles. The summed E-state index contributed by atoms with van der Waals surface area (Å²) >= 11 is 0. The first-order chi connectivity index (χ1) is 23.2. The highest BCUT2D eigenvalue weighted by Gasteiger charge is 2.25. The third-order valence-electron chi connectivity index (χ3n) is 7.15. The minimum Gasteiger partial charge on any atom is -0.480 e. The van der Waals surface area contributed by atoms with Crippen LogP contribution in [-0.4, -0.2) is 68.7 Å². The van der Waals surface area contributed by atoms with E-state index < -0.39 is 32.1 Å². The molecule has 0 saturated carbocycles. The molecule has 4 aromatic rings. The molecule has 0 aromatic heterocycles. The molecule has 49 heavy (non-hydrogen) atoms. The van der Waals surface area contributed by atoms with E-state index in [1.54, 1.807) is 12.1 Å². The molecule has 0 fully saturated rings. The van der Waals surface area contributed by atoms with Crippen molar-refractivity contribution in [3.8, 4) is 0 Å². The highest BCUT2D eigenvalue weighted by Crippen LogP contribution is 2.24. The summed E-state index contributed by atoms with van der Waals surface area (Å²) < 4.78 is 56.0. The van der Waals surface area contributed by atoms with Crippen LogP contribution in [-0.2, 0) is 24.8 Å². The van der Waals surface area contributed by atoms with Crippen LogP contribution in [0.25, 0.3) is 0 Å². The van der Waals surface area contributed by atoms with E-state index >= 15 is 0 Å². The van der Waals surface area contributed by atoms with E-state index in [0.717, 1.165) is 11.4 Å². The van der Waals surface area contributed by atoms with Crippen molar-refractivity contribution < 1.29 is 26.7 Å². The summed E-state index contributed by atoms with van der Waals surface area (Å²) in [5.41, 5.74) is 4.15. The van der Waals surface area contributed by atoms with Crippen LogP contribution in [0.4, 0.5) is 34.1 Å². The molecule has 0 heterocycles. The molecule has 0 spiro atoms. The Balaban J connectivity index is 1.28. The number of aliphatic carboxylic acids is 1. The largest absolute Gasteiger partial charge is 0.480 e. The second kappa shape index (κ2) is 16.4. The average molecular weight is 707 g/mol. The van der Waals surface area contributed by atoms with Gasteiger partial charge in [-0.05, 0) is 110 Å². The lowest BCUT2D eigenvalue weighted by Crippen LogP contribution is -2.41. The summed E-state index contributed by atoms with van der Waals surface area (Å²) in [6.45, 7) is -0.115. The molecule has 0 aliphatic rings. The fourth-order valence-corrected chi connectivity index (χ4v) is 6.63. The zero-order chi connectivity index (χ0) is 35.6. The van der Waals surface area contributed by atoms with Crippen molar-refractivity contribution in [3.63, 3.8) is 0 Å². The van der Waals surface area contributed by atoms with Gasteiger partial charge in [-0.2, -0.15) is 25.2 Å². The topological polar surface area (TPSA) is 186 Å². The standard InChI is InChI=1S/C33H38N8O6S2/c1-40(2)28-15-7-24(8-16-28)35-37-26-11-19-30(20-12-26)48(44,45)34-23-5-6-32(33(42)43)39-49(46,47)31-21-13-27(14-22-31)38-36-25-9-17-29(18-10-25)41(3)4/h7-22,32,34,39H,5-6,23H2,1-4H3,(H,42,43)/t32-/m0/s1. The van der Waals surface area contributed by atoms with Gasteiger partial charge in [0.1, 0.15) is 6.04 Å². The van der Waals surface area contributed by atoms with E-state index in [1.807, 2.05) is 74.4 Å². The van der Waals surface area contributed by atoms with Crippen LogP contribution in [0.5, 0.6) is 0 Å². The van der Waals surface area contributed by atoms with Crippen molar-refractivity contribution >= 4 is 60.1 Å². The summed E-state index contributed by atoms with van der Waals surface area (Å²) in [5.74, 6) is -1.39. The molecule has 0 radical (unpaired) electrons. The van der Waals surface area contributed by atoms with Crippen molar-refractivity contribution in [2.45, 2.75) is 28.7 Å². The number of anilines is 2. The van der Waals surface area contributed by atoms with Crippen LogP contribution >= 0.6 is 0 Å². The van der Waals surface area contributed by atoms with E-state index in [0.29, 0.717) is 22.7 Å². The minimum atomic E-state index is -4.21. The Hall–Kier alpha value is -5.03. The average Bonchev–Trinajstić information content (AvgIpc) is 3.08. The third kappa shape index (κ3) is 10.7. The van der Waals surface area contributed by atoms with Crippen LogP contribution < -0.4 is 19.2 Å². The normalized spacial score (nSPS) is 12.7. The van der Waals surface area contributed by atoms with Gasteiger partial charge in [0.05, 0.1) is 32.5 Å². The van der Waals surface area contributed by atoms with Gasteiger partial charge in [-0.1, -0.05) is 0 Å². The van der Waals surface area contributed by atoms with E-state index in [1.165, 1.54) is 48.5 Å². The number of hydrogen-bond donors (Lipinski definition) is 3. The molecule has 0 saturated heterocycles. The molecule has 3 N–H and O–H groups in total. The predicted molar refractivity (Wildman–Crippen MR) is 189 cm³/mol. The van der Waals surface area contributed by atoms with Crippen LogP contribution in [0.15, 0.2) is 127 Å². The first kappa shape index (κ1) is 36.8. The van der Waals surface area contributed by atoms with Crippen molar-refractivity contribution in [2.24, 2.45) is 20.5 Å². The fourth-order valence-electron chi connectivity index (χ4n) is 4.33. The molecule has 4 rings (SSSR count). The van der Waals surface area contributed by atoms with Crippen molar-refractivity contribution in [1.82, 2.24) is 9.44 Å². The van der Waals surface area contributed by atoms with Gasteiger partial charge in [0.2, 0.25) is 20.0 Å². The number of nitrogens with zero attached hydrogens (tertiary/aromatic N) is 6. The lowest BCUT2D eigenvalue weighted by Gasteiger charge is -2.15. The lowest BCUT2D eigenvalue weighted by molar-refractivity contribution is -0.139. The molecule has 4 aromatic carbocycles. The molecule has 14 nitrogen and oxygen atoms in total. The molecule has 0 aliphatic heterocycles. The zero-order valence-electron chi connectivity index (χ0n) is 27.4. The number of benzene rings is 4. The Morgan fingerprint density at radius 1 is 0.612 bits per heavy atom. The molecule has 16 heteroatoms. The summed E-state index contributed by atoms with van der Waals surface area (Å²) in [6, 6.07) is 24.7. The number of nitrogens with one attached hydrogen (secondary N) is 2. The van der Waals surface area contributed by atoms with Crippen LogP contribution in [0.2, 0.25) is 0 Å². The van der Waals surface area contributed by atoms with Crippen LogP contribution in [0, 0.1) is 0 Å². The number of sulfonamides is 2. The molecule has 1 atom stereocenters. The smallest absolute Gasteiger partial charge is 0.321 e. The molecule has 0 bridgehead atoms. The van der Waals surface area contributed by atoms with Crippen LogP contribution in [0.3, 0.4) is 0 Å². The van der Waals surface area contributed by atoms with E-state index in [2.05, 4.69) is 29.9 Å². The quantitative estimate of drug-likeness (QED) is 0.0916. The Bertz CT molecular complexity index is 1980. The van der Waals surface area contributed by atoms with Gasteiger partial charge in [0.25, 0.3) is 0 Å². The fraction of sp³-hybridized carbons (Fsp3) is 0.242. The second-order valence-corrected chi connectivity index (χ2v) is 14.7. The van der Waals surface area contributed by atoms with Crippen molar-refractivity contribution in [1.29, 1.82) is 0 Å². The van der Waals surface area contributed by atoms with E-state index in [4.69, 9.17) is 0 Å². The summed E-state index contributed by atoms with van der Waals surface area (Å²) in [6.07, 6.45) is -0.114. The van der Waals surface area contributed by atoms with Gasteiger partial charge in [0.15, 0.2) is 0 Å². The van der Waals surface area contributed by atoms with E-state index in [-0.39, 0.29) is 29.2 Å². The maximum atomic E-state index is 12.9. The van der Waals surface area contributed by atoms with Crippen LogP contribution in [0.1, 0.15) is 12.8 Å². The maximum absolute atomic E-state index is 12.9. The Labute approximate surface area is 286 Å². The Morgan fingerprint density at radius 3 is 1.31 bits per heavy atom. The number of azo groups is 2. The van der Waals surface area contributed by atoms with Gasteiger partial charge in [-0.3, -0.25) is 4.79 Å². The van der Waals surface area contributed by atoms with Gasteiger partial charge in [-0.15, -0.1) is 0 Å². The van der Waals surface area contributed by atoms with Gasteiger partial charge in [0, 0.05) is 46.1 Å².